The van der Waals surface area contributed by atoms with Gasteiger partial charge in [-0.05, 0) is 26.0 Å². The number of hydrogen-bond donors (Lipinski definition) is 1. The first kappa shape index (κ1) is 12.1. The summed E-state index contributed by atoms with van der Waals surface area (Å²) in [5.74, 6) is 0. The number of aromatic nitrogens is 2. The summed E-state index contributed by atoms with van der Waals surface area (Å²) in [4.78, 5) is 0. The second-order valence-corrected chi connectivity index (χ2v) is 4.55. The maximum Gasteiger partial charge on any atom is 0.1000 e. The molecule has 0 aliphatic rings. The molecule has 1 aromatic heterocycles. The molecular formula is C13H15ClN2O. The number of hydrogen-bond acceptors (Lipinski definition) is 2. The van der Waals surface area contributed by atoms with E-state index in [0.29, 0.717) is 11.6 Å². The van der Waals surface area contributed by atoms with Gasteiger partial charge in [0, 0.05) is 16.3 Å². The minimum absolute atomic E-state index is 0.420. The Morgan fingerprint density at radius 3 is 2.65 bits per heavy atom. The minimum atomic E-state index is -0.637. The highest BCUT2D eigenvalue weighted by molar-refractivity contribution is 6.31. The summed E-state index contributed by atoms with van der Waals surface area (Å²) in [6.07, 6.45) is -0.637. The first-order valence-corrected chi connectivity index (χ1v) is 5.89. The van der Waals surface area contributed by atoms with Crippen molar-refractivity contribution in [2.45, 2.75) is 26.5 Å². The van der Waals surface area contributed by atoms with Gasteiger partial charge in [-0.2, -0.15) is 5.10 Å². The number of benzene rings is 1. The molecule has 3 nitrogen and oxygen atoms in total. The monoisotopic (exact) mass is 250 g/mol. The highest BCUT2D eigenvalue weighted by atomic mass is 35.5. The van der Waals surface area contributed by atoms with Crippen molar-refractivity contribution in [3.63, 3.8) is 0 Å². The lowest BCUT2D eigenvalue weighted by molar-refractivity contribution is 0.150. The zero-order chi connectivity index (χ0) is 12.4. The Hall–Kier alpha value is -1.32. The first-order chi connectivity index (χ1) is 8.08. The van der Waals surface area contributed by atoms with Gasteiger partial charge >= 0.3 is 0 Å². The molecule has 2 aromatic rings. The number of nitrogens with zero attached hydrogens (tertiary/aromatic N) is 2. The Kier molecular flexibility index (Phi) is 3.50. The van der Waals surface area contributed by atoms with Gasteiger partial charge in [0.15, 0.2) is 0 Å². The molecule has 90 valence electrons. The van der Waals surface area contributed by atoms with Crippen molar-refractivity contribution in [1.82, 2.24) is 9.78 Å². The van der Waals surface area contributed by atoms with E-state index >= 15 is 0 Å². The third kappa shape index (κ3) is 2.68. The summed E-state index contributed by atoms with van der Waals surface area (Å²) >= 11 is 6.04. The standard InChI is InChI=1S/C13H15ClN2O/c1-9-7-10(2)16(15-9)8-13(17)11-5-3-4-6-12(11)14/h3-7,13,17H,8H2,1-2H3. The topological polar surface area (TPSA) is 38.0 Å². The predicted molar refractivity (Wildman–Crippen MR) is 68.1 cm³/mol. The van der Waals surface area contributed by atoms with Crippen LogP contribution in [0, 0.1) is 13.8 Å². The van der Waals surface area contributed by atoms with Gasteiger partial charge in [0.1, 0.15) is 0 Å². The van der Waals surface area contributed by atoms with Crippen LogP contribution in [0.5, 0.6) is 0 Å². The van der Waals surface area contributed by atoms with Crippen LogP contribution in [0.25, 0.3) is 0 Å². The van der Waals surface area contributed by atoms with Crippen LogP contribution < -0.4 is 0 Å². The zero-order valence-corrected chi connectivity index (χ0v) is 10.6. The summed E-state index contributed by atoms with van der Waals surface area (Å²) in [5, 5.41) is 15.0. The van der Waals surface area contributed by atoms with Crippen LogP contribution in [0.15, 0.2) is 30.3 Å². The van der Waals surface area contributed by atoms with E-state index < -0.39 is 6.10 Å². The second-order valence-electron chi connectivity index (χ2n) is 4.15. The average molecular weight is 251 g/mol. The highest BCUT2D eigenvalue weighted by Crippen LogP contribution is 2.23. The number of aliphatic hydroxyl groups excluding tert-OH is 1. The third-order valence-electron chi connectivity index (χ3n) is 2.71. The summed E-state index contributed by atoms with van der Waals surface area (Å²) in [6, 6.07) is 9.31. The normalized spacial score (nSPS) is 12.7. The molecule has 0 amide bonds. The number of halogens is 1. The lowest BCUT2D eigenvalue weighted by Gasteiger charge is -2.13. The molecule has 0 aliphatic carbocycles. The molecule has 4 heteroatoms. The van der Waals surface area contributed by atoms with Gasteiger partial charge in [0.05, 0.1) is 18.3 Å². The Morgan fingerprint density at radius 2 is 2.06 bits per heavy atom. The van der Waals surface area contributed by atoms with E-state index in [1.54, 1.807) is 10.7 Å². The minimum Gasteiger partial charge on any atom is -0.386 e. The number of aryl methyl sites for hydroxylation is 2. The maximum atomic E-state index is 10.1. The number of rotatable bonds is 3. The van der Waals surface area contributed by atoms with E-state index in [0.717, 1.165) is 17.0 Å². The van der Waals surface area contributed by atoms with E-state index in [4.69, 9.17) is 11.6 Å². The molecular weight excluding hydrogens is 236 g/mol. The van der Waals surface area contributed by atoms with Crippen LogP contribution in [0.2, 0.25) is 5.02 Å². The second kappa shape index (κ2) is 4.90. The lowest BCUT2D eigenvalue weighted by Crippen LogP contribution is -2.11. The molecule has 1 atom stereocenters. The van der Waals surface area contributed by atoms with Crippen molar-refractivity contribution in [3.8, 4) is 0 Å². The molecule has 0 bridgehead atoms. The summed E-state index contributed by atoms with van der Waals surface area (Å²) in [6.45, 7) is 4.33. The summed E-state index contributed by atoms with van der Waals surface area (Å²) in [7, 11) is 0. The molecule has 1 aromatic carbocycles. The van der Waals surface area contributed by atoms with Crippen molar-refractivity contribution in [1.29, 1.82) is 0 Å². The molecule has 17 heavy (non-hydrogen) atoms. The van der Waals surface area contributed by atoms with Gasteiger partial charge in [-0.3, -0.25) is 4.68 Å². The van der Waals surface area contributed by atoms with Crippen LogP contribution >= 0.6 is 11.6 Å². The third-order valence-corrected chi connectivity index (χ3v) is 3.06. The van der Waals surface area contributed by atoms with Gasteiger partial charge in [0.25, 0.3) is 0 Å². The SMILES string of the molecule is Cc1cc(C)n(CC(O)c2ccccc2Cl)n1. The fraction of sp³-hybridized carbons (Fsp3) is 0.308. The van der Waals surface area contributed by atoms with Crippen molar-refractivity contribution in [2.24, 2.45) is 0 Å². The Bertz CT molecular complexity index is 522. The van der Waals surface area contributed by atoms with E-state index in [1.807, 2.05) is 38.1 Å². The summed E-state index contributed by atoms with van der Waals surface area (Å²) < 4.78 is 1.79. The van der Waals surface area contributed by atoms with Crippen molar-refractivity contribution in [3.05, 3.63) is 52.3 Å². The van der Waals surface area contributed by atoms with Gasteiger partial charge in [-0.15, -0.1) is 0 Å². The molecule has 1 N–H and O–H groups in total. The largest absolute Gasteiger partial charge is 0.386 e. The van der Waals surface area contributed by atoms with Crippen molar-refractivity contribution in [2.75, 3.05) is 0 Å². The van der Waals surface area contributed by atoms with Crippen LogP contribution in [0.4, 0.5) is 0 Å². The average Bonchev–Trinajstić information content (AvgIpc) is 2.58. The Balaban J connectivity index is 2.20. The Morgan fingerprint density at radius 1 is 1.35 bits per heavy atom. The quantitative estimate of drug-likeness (QED) is 0.910. The van der Waals surface area contributed by atoms with Crippen molar-refractivity contribution >= 4 is 11.6 Å². The molecule has 2 rings (SSSR count). The van der Waals surface area contributed by atoms with Crippen LogP contribution in [-0.2, 0) is 6.54 Å². The van der Waals surface area contributed by atoms with Gasteiger partial charge in [0.2, 0.25) is 0 Å². The van der Waals surface area contributed by atoms with Crippen molar-refractivity contribution < 1.29 is 5.11 Å². The molecule has 0 saturated carbocycles. The van der Waals surface area contributed by atoms with Crippen LogP contribution in [-0.4, -0.2) is 14.9 Å². The molecule has 0 radical (unpaired) electrons. The van der Waals surface area contributed by atoms with E-state index in [9.17, 15) is 5.11 Å². The van der Waals surface area contributed by atoms with E-state index in [2.05, 4.69) is 5.10 Å². The lowest BCUT2D eigenvalue weighted by atomic mass is 10.1. The van der Waals surface area contributed by atoms with E-state index in [1.165, 1.54) is 0 Å². The molecule has 0 fully saturated rings. The van der Waals surface area contributed by atoms with Gasteiger partial charge in [-0.25, -0.2) is 0 Å². The molecule has 1 heterocycles. The van der Waals surface area contributed by atoms with Gasteiger partial charge < -0.3 is 5.11 Å². The fourth-order valence-electron chi connectivity index (χ4n) is 1.87. The summed E-state index contributed by atoms with van der Waals surface area (Å²) in [5.41, 5.74) is 2.73. The fourth-order valence-corrected chi connectivity index (χ4v) is 2.13. The highest BCUT2D eigenvalue weighted by Gasteiger charge is 2.13. The zero-order valence-electron chi connectivity index (χ0n) is 9.89. The predicted octanol–water partition coefficient (Wildman–Crippen LogP) is 2.89. The number of aliphatic hydroxyl groups is 1. The van der Waals surface area contributed by atoms with E-state index in [-0.39, 0.29) is 0 Å². The molecule has 0 aliphatic heterocycles. The molecule has 0 spiro atoms. The van der Waals surface area contributed by atoms with Crippen LogP contribution in [0.1, 0.15) is 23.1 Å². The smallest absolute Gasteiger partial charge is 0.1000 e. The maximum absolute atomic E-state index is 10.1. The first-order valence-electron chi connectivity index (χ1n) is 5.51. The van der Waals surface area contributed by atoms with Crippen LogP contribution in [0.3, 0.4) is 0 Å². The molecule has 1 unspecified atom stereocenters. The van der Waals surface area contributed by atoms with Gasteiger partial charge in [-0.1, -0.05) is 29.8 Å². The Labute approximate surface area is 106 Å². The molecule has 0 saturated heterocycles.